The van der Waals surface area contributed by atoms with Crippen LogP contribution in [-0.2, 0) is 11.3 Å². The molecule has 0 bridgehead atoms. The van der Waals surface area contributed by atoms with E-state index in [1.165, 1.54) is 0 Å². The van der Waals surface area contributed by atoms with Crippen molar-refractivity contribution >= 4 is 17.5 Å². The van der Waals surface area contributed by atoms with Gasteiger partial charge < -0.3 is 20.1 Å². The van der Waals surface area contributed by atoms with Gasteiger partial charge in [-0.3, -0.25) is 9.78 Å². The Morgan fingerprint density at radius 1 is 1.22 bits per heavy atom. The van der Waals surface area contributed by atoms with E-state index >= 15 is 0 Å². The van der Waals surface area contributed by atoms with Gasteiger partial charge in [-0.15, -0.1) is 0 Å². The fraction of sp³-hybridized carbons (Fsp3) is 0.400. The number of carbonyl (C=O) groups excluding carboxylic acids is 1. The topological polar surface area (TPSA) is 72.5 Å². The van der Waals surface area contributed by atoms with Crippen molar-refractivity contribution in [1.29, 1.82) is 0 Å². The third-order valence-electron chi connectivity index (χ3n) is 4.74. The first-order valence-corrected chi connectivity index (χ1v) is 9.35. The van der Waals surface area contributed by atoms with Gasteiger partial charge in [-0.05, 0) is 55.8 Å². The molecule has 144 valence electrons. The van der Waals surface area contributed by atoms with Gasteiger partial charge in [0.05, 0.1) is 19.9 Å². The second-order valence-corrected chi connectivity index (χ2v) is 6.86. The number of hydrogen-bond donors (Lipinski definition) is 2. The van der Waals surface area contributed by atoms with E-state index in [9.17, 15) is 4.79 Å². The molecule has 2 N–H and O–H groups in total. The highest BCUT2D eigenvalue weighted by Gasteiger charge is 2.20. The minimum atomic E-state index is 0.0948. The number of halogens is 1. The maximum atomic E-state index is 12.3. The van der Waals surface area contributed by atoms with E-state index in [0.717, 1.165) is 42.8 Å². The SMILES string of the molecule is COc1cc(-c2cc(CNC(=O)C3CCNCC3)ccn2)cc(OC)c1Cl. The molecule has 2 aromatic rings. The Hall–Kier alpha value is -2.31. The van der Waals surface area contributed by atoms with Gasteiger partial charge in [-0.1, -0.05) is 11.6 Å². The molecule has 1 aromatic carbocycles. The Bertz CT molecular complexity index is 782. The summed E-state index contributed by atoms with van der Waals surface area (Å²) >= 11 is 6.24. The molecule has 1 aliphatic heterocycles. The number of pyridine rings is 1. The van der Waals surface area contributed by atoms with E-state index in [2.05, 4.69) is 15.6 Å². The zero-order valence-electron chi connectivity index (χ0n) is 15.5. The second kappa shape index (κ2) is 9.06. The smallest absolute Gasteiger partial charge is 0.223 e. The molecule has 2 heterocycles. The lowest BCUT2D eigenvalue weighted by Crippen LogP contribution is -2.37. The van der Waals surface area contributed by atoms with Crippen LogP contribution in [0.25, 0.3) is 11.3 Å². The molecule has 0 unspecified atom stereocenters. The molecule has 1 fully saturated rings. The molecule has 3 rings (SSSR count). The summed E-state index contributed by atoms with van der Waals surface area (Å²) in [4.78, 5) is 16.8. The number of methoxy groups -OCH3 is 2. The number of hydrogen-bond acceptors (Lipinski definition) is 5. The van der Waals surface area contributed by atoms with Crippen LogP contribution in [0.5, 0.6) is 11.5 Å². The molecule has 1 amide bonds. The molecule has 1 aromatic heterocycles. The summed E-state index contributed by atoms with van der Waals surface area (Å²) < 4.78 is 10.6. The number of nitrogens with one attached hydrogen (secondary N) is 2. The van der Waals surface area contributed by atoms with Crippen LogP contribution in [0, 0.1) is 5.92 Å². The van der Waals surface area contributed by atoms with Gasteiger partial charge in [0.25, 0.3) is 0 Å². The molecular formula is C20H24ClN3O3. The third kappa shape index (κ3) is 4.70. The molecule has 7 heteroatoms. The van der Waals surface area contributed by atoms with Crippen molar-refractivity contribution in [2.75, 3.05) is 27.3 Å². The monoisotopic (exact) mass is 389 g/mol. The van der Waals surface area contributed by atoms with E-state index in [4.69, 9.17) is 21.1 Å². The number of benzene rings is 1. The van der Waals surface area contributed by atoms with Crippen LogP contribution in [0.1, 0.15) is 18.4 Å². The minimum absolute atomic E-state index is 0.0948. The fourth-order valence-electron chi connectivity index (χ4n) is 3.18. The summed E-state index contributed by atoms with van der Waals surface area (Å²) in [5.74, 6) is 1.26. The van der Waals surface area contributed by atoms with E-state index in [0.29, 0.717) is 23.1 Å². The van der Waals surface area contributed by atoms with Gasteiger partial charge in [0.15, 0.2) is 0 Å². The number of nitrogens with zero attached hydrogens (tertiary/aromatic N) is 1. The van der Waals surface area contributed by atoms with Crippen LogP contribution in [0.3, 0.4) is 0 Å². The fourth-order valence-corrected chi connectivity index (χ4v) is 3.44. The lowest BCUT2D eigenvalue weighted by molar-refractivity contribution is -0.125. The zero-order valence-corrected chi connectivity index (χ0v) is 16.3. The van der Waals surface area contributed by atoms with Crippen LogP contribution in [0.2, 0.25) is 5.02 Å². The standard InChI is InChI=1S/C20H24ClN3O3/c1-26-17-10-15(11-18(27-2)19(17)21)16-9-13(3-8-23-16)12-24-20(25)14-4-6-22-7-5-14/h3,8-11,14,22H,4-7,12H2,1-2H3,(H,24,25). The molecule has 27 heavy (non-hydrogen) atoms. The molecule has 1 aliphatic rings. The minimum Gasteiger partial charge on any atom is -0.495 e. The highest BCUT2D eigenvalue weighted by atomic mass is 35.5. The summed E-state index contributed by atoms with van der Waals surface area (Å²) in [6.45, 7) is 2.27. The van der Waals surface area contributed by atoms with Gasteiger partial charge >= 0.3 is 0 Å². The number of amides is 1. The van der Waals surface area contributed by atoms with Gasteiger partial charge in [-0.2, -0.15) is 0 Å². The first kappa shape index (κ1) is 19.5. The maximum Gasteiger partial charge on any atom is 0.223 e. The predicted molar refractivity (Wildman–Crippen MR) is 105 cm³/mol. The summed E-state index contributed by atoms with van der Waals surface area (Å²) in [7, 11) is 3.12. The van der Waals surface area contributed by atoms with Crippen molar-refractivity contribution in [3.63, 3.8) is 0 Å². The van der Waals surface area contributed by atoms with Gasteiger partial charge in [-0.25, -0.2) is 0 Å². The molecule has 0 spiro atoms. The largest absolute Gasteiger partial charge is 0.495 e. The molecule has 1 saturated heterocycles. The summed E-state index contributed by atoms with van der Waals surface area (Å²) in [6, 6.07) is 7.50. The summed E-state index contributed by atoms with van der Waals surface area (Å²) in [6.07, 6.45) is 3.50. The van der Waals surface area contributed by atoms with Gasteiger partial charge in [0.1, 0.15) is 16.5 Å². The van der Waals surface area contributed by atoms with E-state index in [1.807, 2.05) is 24.3 Å². The third-order valence-corrected chi connectivity index (χ3v) is 5.11. The Morgan fingerprint density at radius 3 is 2.52 bits per heavy atom. The maximum absolute atomic E-state index is 12.3. The molecule has 0 radical (unpaired) electrons. The molecular weight excluding hydrogens is 366 g/mol. The van der Waals surface area contributed by atoms with Crippen molar-refractivity contribution in [3.8, 4) is 22.8 Å². The van der Waals surface area contributed by atoms with Crippen LogP contribution in [0.4, 0.5) is 0 Å². The number of aromatic nitrogens is 1. The Labute approximate surface area is 164 Å². The average molecular weight is 390 g/mol. The molecule has 0 atom stereocenters. The lowest BCUT2D eigenvalue weighted by Gasteiger charge is -2.21. The highest BCUT2D eigenvalue weighted by Crippen LogP contribution is 2.38. The van der Waals surface area contributed by atoms with Crippen molar-refractivity contribution in [3.05, 3.63) is 41.0 Å². The Balaban J connectivity index is 1.74. The van der Waals surface area contributed by atoms with Crippen molar-refractivity contribution in [1.82, 2.24) is 15.6 Å². The average Bonchev–Trinajstić information content (AvgIpc) is 2.73. The predicted octanol–water partition coefficient (Wildman–Crippen LogP) is 3.04. The number of carbonyl (C=O) groups is 1. The van der Waals surface area contributed by atoms with E-state index in [1.54, 1.807) is 20.4 Å². The van der Waals surface area contributed by atoms with Gasteiger partial charge in [0, 0.05) is 24.2 Å². The van der Waals surface area contributed by atoms with Crippen molar-refractivity contribution in [2.24, 2.45) is 5.92 Å². The first-order chi connectivity index (χ1) is 13.1. The van der Waals surface area contributed by atoms with Crippen molar-refractivity contribution in [2.45, 2.75) is 19.4 Å². The van der Waals surface area contributed by atoms with Crippen LogP contribution >= 0.6 is 11.6 Å². The first-order valence-electron chi connectivity index (χ1n) is 8.97. The number of ether oxygens (including phenoxy) is 2. The number of rotatable bonds is 6. The lowest BCUT2D eigenvalue weighted by atomic mass is 9.97. The Kier molecular flexibility index (Phi) is 6.53. The van der Waals surface area contributed by atoms with Crippen molar-refractivity contribution < 1.29 is 14.3 Å². The summed E-state index contributed by atoms with van der Waals surface area (Å²) in [5, 5.41) is 6.74. The van der Waals surface area contributed by atoms with E-state index in [-0.39, 0.29) is 11.8 Å². The van der Waals surface area contributed by atoms with Crippen LogP contribution in [0.15, 0.2) is 30.5 Å². The zero-order chi connectivity index (χ0) is 19.2. The molecule has 6 nitrogen and oxygen atoms in total. The van der Waals surface area contributed by atoms with Crippen LogP contribution < -0.4 is 20.1 Å². The van der Waals surface area contributed by atoms with E-state index < -0.39 is 0 Å². The van der Waals surface area contributed by atoms with Crippen LogP contribution in [-0.4, -0.2) is 38.2 Å². The molecule has 0 aliphatic carbocycles. The Morgan fingerprint density at radius 2 is 1.89 bits per heavy atom. The summed E-state index contributed by atoms with van der Waals surface area (Å²) in [5.41, 5.74) is 2.58. The second-order valence-electron chi connectivity index (χ2n) is 6.49. The normalized spacial score (nSPS) is 14.6. The van der Waals surface area contributed by atoms with Gasteiger partial charge in [0.2, 0.25) is 5.91 Å². The molecule has 0 saturated carbocycles. The quantitative estimate of drug-likeness (QED) is 0.794. The number of piperidine rings is 1. The highest BCUT2D eigenvalue weighted by molar-refractivity contribution is 6.33.